The van der Waals surface area contributed by atoms with Gasteiger partial charge in [0, 0.05) is 30.1 Å². The summed E-state index contributed by atoms with van der Waals surface area (Å²) in [6.45, 7) is 3.73. The normalized spacial score (nSPS) is 11.7. The highest BCUT2D eigenvalue weighted by molar-refractivity contribution is 8.00. The maximum Gasteiger partial charge on any atom is 0.271 e. The highest BCUT2D eigenvalue weighted by Gasteiger charge is 2.23. The van der Waals surface area contributed by atoms with Gasteiger partial charge < -0.3 is 5.32 Å². The van der Waals surface area contributed by atoms with E-state index < -0.39 is 10.2 Å². The Morgan fingerprint density at radius 3 is 2.65 bits per heavy atom. The predicted molar refractivity (Wildman–Crippen MR) is 131 cm³/mol. The number of aryl methyl sites for hydroxylation is 1. The number of hydrogen-bond acceptors (Lipinski definition) is 7. The number of hydrogen-bond donors (Lipinski definition) is 1. The van der Waals surface area contributed by atoms with Gasteiger partial charge in [-0.05, 0) is 43.7 Å². The summed E-state index contributed by atoms with van der Waals surface area (Å²) in [5.41, 5.74) is 2.84. The average Bonchev–Trinajstić information content (AvgIpc) is 3.24. The number of amides is 1. The monoisotopic (exact) mass is 494 g/mol. The van der Waals surface area contributed by atoms with Crippen LogP contribution in [0.2, 0.25) is 5.02 Å². The van der Waals surface area contributed by atoms with Gasteiger partial charge in [-0.1, -0.05) is 41.6 Å². The zero-order valence-electron chi connectivity index (χ0n) is 18.2. The van der Waals surface area contributed by atoms with Gasteiger partial charge in [-0.15, -0.1) is 10.2 Å². The zero-order chi connectivity index (χ0) is 24.2. The first-order valence-corrected chi connectivity index (χ1v) is 11.4. The Labute approximate surface area is 204 Å². The van der Waals surface area contributed by atoms with Crippen LogP contribution in [0.1, 0.15) is 12.5 Å². The van der Waals surface area contributed by atoms with Crippen LogP contribution in [0.5, 0.6) is 0 Å². The van der Waals surface area contributed by atoms with Gasteiger partial charge in [-0.2, -0.15) is 0 Å². The molecule has 2 aromatic carbocycles. The molecular formula is C23H19ClN6O3S. The second kappa shape index (κ2) is 10.0. The van der Waals surface area contributed by atoms with Crippen molar-refractivity contribution in [1.29, 1.82) is 0 Å². The van der Waals surface area contributed by atoms with Crippen LogP contribution in [0.3, 0.4) is 0 Å². The molecule has 0 radical (unpaired) electrons. The van der Waals surface area contributed by atoms with Crippen LogP contribution < -0.4 is 5.32 Å². The molecule has 0 saturated heterocycles. The lowest BCUT2D eigenvalue weighted by Gasteiger charge is -2.15. The van der Waals surface area contributed by atoms with E-state index in [0.29, 0.717) is 16.7 Å². The number of nitro groups is 1. The number of nitrogens with one attached hydrogen (secondary N) is 1. The first-order valence-electron chi connectivity index (χ1n) is 10.2. The molecule has 34 heavy (non-hydrogen) atoms. The van der Waals surface area contributed by atoms with Crippen molar-refractivity contribution in [3.63, 3.8) is 0 Å². The molecule has 0 saturated carbocycles. The number of anilines is 1. The number of thioether (sulfide) groups is 1. The van der Waals surface area contributed by atoms with Gasteiger partial charge in [0.2, 0.25) is 5.91 Å². The summed E-state index contributed by atoms with van der Waals surface area (Å²) < 4.78 is 1.90. The van der Waals surface area contributed by atoms with E-state index in [2.05, 4.69) is 20.5 Å². The summed E-state index contributed by atoms with van der Waals surface area (Å²) in [7, 11) is 0. The SMILES string of the molecule is Cc1ccccc1-n1c(SC(C)C(=O)Nc2ccc([N+](=O)[O-])cc2Cl)nnc1-c1cccnc1. The van der Waals surface area contributed by atoms with Crippen molar-refractivity contribution in [1.82, 2.24) is 19.7 Å². The smallest absolute Gasteiger partial charge is 0.271 e. The lowest BCUT2D eigenvalue weighted by Crippen LogP contribution is -2.23. The van der Waals surface area contributed by atoms with Crippen LogP contribution in [0.15, 0.2) is 72.1 Å². The van der Waals surface area contributed by atoms with Crippen LogP contribution in [0.25, 0.3) is 17.1 Å². The van der Waals surface area contributed by atoms with Crippen molar-refractivity contribution in [3.05, 3.63) is 87.7 Å². The quantitative estimate of drug-likeness (QED) is 0.210. The van der Waals surface area contributed by atoms with E-state index in [1.54, 1.807) is 19.3 Å². The molecule has 0 aliphatic heterocycles. The molecule has 1 atom stereocenters. The van der Waals surface area contributed by atoms with Crippen molar-refractivity contribution in [2.75, 3.05) is 5.32 Å². The summed E-state index contributed by atoms with van der Waals surface area (Å²) in [4.78, 5) is 27.4. The Morgan fingerprint density at radius 2 is 1.97 bits per heavy atom. The number of carbonyl (C=O) groups is 1. The topological polar surface area (TPSA) is 116 Å². The van der Waals surface area contributed by atoms with Gasteiger partial charge >= 0.3 is 0 Å². The highest BCUT2D eigenvalue weighted by Crippen LogP contribution is 2.32. The maximum atomic E-state index is 12.9. The fourth-order valence-electron chi connectivity index (χ4n) is 3.22. The minimum atomic E-state index is -0.569. The Hall–Kier alpha value is -3.76. The Morgan fingerprint density at radius 1 is 1.18 bits per heavy atom. The fraction of sp³-hybridized carbons (Fsp3) is 0.130. The number of halogens is 1. The molecular weight excluding hydrogens is 476 g/mol. The van der Waals surface area contributed by atoms with Gasteiger partial charge in [-0.25, -0.2) is 0 Å². The molecule has 1 amide bonds. The molecule has 9 nitrogen and oxygen atoms in total. The molecule has 0 spiro atoms. The summed E-state index contributed by atoms with van der Waals surface area (Å²) >= 11 is 7.35. The van der Waals surface area contributed by atoms with E-state index in [9.17, 15) is 14.9 Å². The molecule has 1 unspecified atom stereocenters. The van der Waals surface area contributed by atoms with E-state index in [0.717, 1.165) is 16.8 Å². The van der Waals surface area contributed by atoms with Crippen molar-refractivity contribution < 1.29 is 9.72 Å². The molecule has 0 aliphatic carbocycles. The molecule has 11 heteroatoms. The van der Waals surface area contributed by atoms with Crippen LogP contribution in [-0.4, -0.2) is 35.8 Å². The van der Waals surface area contributed by atoms with Gasteiger partial charge in [0.05, 0.1) is 26.6 Å². The van der Waals surface area contributed by atoms with Crippen LogP contribution in [0.4, 0.5) is 11.4 Å². The summed E-state index contributed by atoms with van der Waals surface area (Å²) in [6.07, 6.45) is 3.39. The first-order chi connectivity index (χ1) is 16.3. The molecule has 2 heterocycles. The minimum absolute atomic E-state index is 0.0849. The number of carbonyl (C=O) groups excluding carboxylic acids is 1. The Kier molecular flexibility index (Phi) is 6.90. The number of nitrogens with zero attached hydrogens (tertiary/aromatic N) is 5. The molecule has 172 valence electrons. The number of benzene rings is 2. The maximum absolute atomic E-state index is 12.9. The number of para-hydroxylation sites is 1. The van der Waals surface area contributed by atoms with Crippen molar-refractivity contribution in [2.24, 2.45) is 0 Å². The minimum Gasteiger partial charge on any atom is -0.324 e. The second-order valence-electron chi connectivity index (χ2n) is 7.34. The number of aromatic nitrogens is 4. The van der Waals surface area contributed by atoms with Gasteiger partial charge in [0.15, 0.2) is 11.0 Å². The van der Waals surface area contributed by atoms with Gasteiger partial charge in [-0.3, -0.25) is 24.5 Å². The molecule has 4 rings (SSSR count). The second-order valence-corrected chi connectivity index (χ2v) is 9.06. The largest absolute Gasteiger partial charge is 0.324 e. The van der Waals surface area contributed by atoms with Crippen LogP contribution in [-0.2, 0) is 4.79 Å². The molecule has 4 aromatic rings. The third-order valence-corrected chi connectivity index (χ3v) is 6.34. The summed E-state index contributed by atoms with van der Waals surface area (Å²) in [6, 6.07) is 15.4. The van der Waals surface area contributed by atoms with E-state index in [-0.39, 0.29) is 16.6 Å². The fourth-order valence-corrected chi connectivity index (χ4v) is 4.31. The number of rotatable bonds is 7. The molecule has 0 aliphatic rings. The molecule has 1 N–H and O–H groups in total. The standard InChI is InChI=1S/C23H19ClN6O3S/c1-14-6-3-4-8-20(14)29-21(16-7-5-11-25-13-16)27-28-23(29)34-15(2)22(31)26-19-10-9-17(30(32)33)12-18(19)24/h3-13,15H,1-2H3,(H,26,31). The van der Waals surface area contributed by atoms with Crippen molar-refractivity contribution in [3.8, 4) is 17.1 Å². The third kappa shape index (κ3) is 4.92. The molecule has 0 fully saturated rings. The van der Waals surface area contributed by atoms with Crippen molar-refractivity contribution in [2.45, 2.75) is 24.3 Å². The Balaban J connectivity index is 1.62. The van der Waals surface area contributed by atoms with E-state index in [1.165, 1.54) is 30.0 Å². The van der Waals surface area contributed by atoms with Crippen molar-refractivity contribution >= 4 is 40.6 Å². The Bertz CT molecular complexity index is 1360. The van der Waals surface area contributed by atoms with E-state index >= 15 is 0 Å². The molecule has 2 aromatic heterocycles. The van der Waals surface area contributed by atoms with Crippen LogP contribution >= 0.6 is 23.4 Å². The lowest BCUT2D eigenvalue weighted by atomic mass is 10.2. The third-order valence-electron chi connectivity index (χ3n) is 4.98. The average molecular weight is 495 g/mol. The first kappa shape index (κ1) is 23.4. The predicted octanol–water partition coefficient (Wildman–Crippen LogP) is 5.32. The van der Waals surface area contributed by atoms with Crippen LogP contribution in [0, 0.1) is 17.0 Å². The zero-order valence-corrected chi connectivity index (χ0v) is 19.7. The highest BCUT2D eigenvalue weighted by atomic mass is 35.5. The van der Waals surface area contributed by atoms with Gasteiger partial charge in [0.1, 0.15) is 0 Å². The number of non-ortho nitro benzene ring substituents is 1. The molecule has 0 bridgehead atoms. The van der Waals surface area contributed by atoms with E-state index in [1.807, 2.05) is 47.9 Å². The van der Waals surface area contributed by atoms with E-state index in [4.69, 9.17) is 11.6 Å². The number of pyridine rings is 1. The summed E-state index contributed by atoms with van der Waals surface area (Å²) in [5, 5.41) is 22.4. The van der Waals surface area contributed by atoms with Gasteiger partial charge in [0.25, 0.3) is 5.69 Å². The number of nitro benzene ring substituents is 1. The summed E-state index contributed by atoms with van der Waals surface area (Å²) in [5.74, 6) is 0.277. The lowest BCUT2D eigenvalue weighted by molar-refractivity contribution is -0.384.